The van der Waals surface area contributed by atoms with E-state index in [9.17, 15) is 0 Å². The Balaban J connectivity index is 3.93. The Bertz CT molecular complexity index is 192. The second-order valence-electron chi connectivity index (χ2n) is 4.68. The van der Waals surface area contributed by atoms with E-state index in [-0.39, 0.29) is 0 Å². The standard InChI is InChI=1S/C14H27N/c1-6-9-10-11-13-15(5)14(4,8-3)12-7-2/h1H,7-13H2,2-5H3. The van der Waals surface area contributed by atoms with Gasteiger partial charge in [-0.2, -0.15) is 0 Å². The minimum Gasteiger partial charge on any atom is -0.301 e. The van der Waals surface area contributed by atoms with Crippen LogP contribution in [0.4, 0.5) is 0 Å². The third-order valence-corrected chi connectivity index (χ3v) is 3.54. The highest BCUT2D eigenvalue weighted by Gasteiger charge is 2.25. The number of rotatable bonds is 8. The van der Waals surface area contributed by atoms with Gasteiger partial charge in [-0.05, 0) is 46.2 Å². The van der Waals surface area contributed by atoms with Crippen molar-refractivity contribution in [1.82, 2.24) is 4.90 Å². The predicted octanol–water partition coefficient (Wildman–Crippen LogP) is 3.69. The van der Waals surface area contributed by atoms with Crippen LogP contribution in [0.5, 0.6) is 0 Å². The molecule has 0 rings (SSSR count). The molecule has 0 bridgehead atoms. The van der Waals surface area contributed by atoms with Crippen molar-refractivity contribution in [3.63, 3.8) is 0 Å². The second kappa shape index (κ2) is 7.77. The van der Waals surface area contributed by atoms with E-state index in [1.807, 2.05) is 0 Å². The zero-order chi connectivity index (χ0) is 11.7. The largest absolute Gasteiger partial charge is 0.301 e. The zero-order valence-corrected chi connectivity index (χ0v) is 11.0. The molecule has 0 aromatic heterocycles. The Hall–Kier alpha value is -0.480. The molecule has 0 saturated carbocycles. The van der Waals surface area contributed by atoms with Gasteiger partial charge in [0.1, 0.15) is 0 Å². The molecule has 15 heavy (non-hydrogen) atoms. The van der Waals surface area contributed by atoms with E-state index < -0.39 is 0 Å². The van der Waals surface area contributed by atoms with Crippen LogP contribution >= 0.6 is 0 Å². The molecule has 0 aromatic carbocycles. The fourth-order valence-corrected chi connectivity index (χ4v) is 2.02. The number of hydrogen-bond acceptors (Lipinski definition) is 1. The van der Waals surface area contributed by atoms with Crippen LogP contribution in [0.2, 0.25) is 0 Å². The summed E-state index contributed by atoms with van der Waals surface area (Å²) < 4.78 is 0. The molecule has 1 unspecified atom stereocenters. The predicted molar refractivity (Wildman–Crippen MR) is 68.9 cm³/mol. The number of unbranched alkanes of at least 4 members (excludes halogenated alkanes) is 2. The summed E-state index contributed by atoms with van der Waals surface area (Å²) in [6, 6.07) is 0. The van der Waals surface area contributed by atoms with Gasteiger partial charge in [0.2, 0.25) is 0 Å². The van der Waals surface area contributed by atoms with Crippen LogP contribution in [-0.2, 0) is 0 Å². The highest BCUT2D eigenvalue weighted by molar-refractivity contribution is 4.85. The van der Waals surface area contributed by atoms with Gasteiger partial charge in [-0.3, -0.25) is 0 Å². The van der Waals surface area contributed by atoms with Crippen LogP contribution < -0.4 is 0 Å². The summed E-state index contributed by atoms with van der Waals surface area (Å²) in [5.41, 5.74) is 0.380. The van der Waals surface area contributed by atoms with Crippen LogP contribution in [0.1, 0.15) is 59.3 Å². The van der Waals surface area contributed by atoms with Crippen molar-refractivity contribution in [3.8, 4) is 12.3 Å². The lowest BCUT2D eigenvalue weighted by Crippen LogP contribution is -2.43. The molecule has 0 amide bonds. The van der Waals surface area contributed by atoms with Crippen molar-refractivity contribution in [3.05, 3.63) is 0 Å². The highest BCUT2D eigenvalue weighted by atomic mass is 15.2. The third kappa shape index (κ3) is 5.23. The summed E-state index contributed by atoms with van der Waals surface area (Å²) in [6.07, 6.45) is 12.3. The molecule has 0 fully saturated rings. The lowest BCUT2D eigenvalue weighted by molar-refractivity contribution is 0.118. The van der Waals surface area contributed by atoms with Gasteiger partial charge in [0.25, 0.3) is 0 Å². The summed E-state index contributed by atoms with van der Waals surface area (Å²) >= 11 is 0. The Morgan fingerprint density at radius 1 is 1.27 bits per heavy atom. The van der Waals surface area contributed by atoms with Crippen LogP contribution in [-0.4, -0.2) is 24.0 Å². The molecule has 0 aliphatic rings. The van der Waals surface area contributed by atoms with E-state index in [1.165, 1.54) is 32.2 Å². The molecular weight excluding hydrogens is 182 g/mol. The average molecular weight is 209 g/mol. The molecule has 0 spiro atoms. The Morgan fingerprint density at radius 2 is 1.93 bits per heavy atom. The zero-order valence-electron chi connectivity index (χ0n) is 11.0. The van der Waals surface area contributed by atoms with E-state index >= 15 is 0 Å². The fourth-order valence-electron chi connectivity index (χ4n) is 2.02. The van der Waals surface area contributed by atoms with Crippen LogP contribution in [0.3, 0.4) is 0 Å². The first-order chi connectivity index (χ1) is 7.10. The maximum Gasteiger partial charge on any atom is 0.0175 e. The van der Waals surface area contributed by atoms with Crippen molar-refractivity contribution < 1.29 is 0 Å². The quantitative estimate of drug-likeness (QED) is 0.435. The average Bonchev–Trinajstić information content (AvgIpc) is 2.24. The van der Waals surface area contributed by atoms with E-state index in [0.29, 0.717) is 5.54 Å². The Kier molecular flexibility index (Phi) is 7.52. The molecule has 1 nitrogen and oxygen atoms in total. The lowest BCUT2D eigenvalue weighted by atomic mass is 9.91. The SMILES string of the molecule is C#CCCCCN(C)C(C)(CC)CCC. The van der Waals surface area contributed by atoms with Gasteiger partial charge in [0.15, 0.2) is 0 Å². The summed E-state index contributed by atoms with van der Waals surface area (Å²) in [5.74, 6) is 2.70. The summed E-state index contributed by atoms with van der Waals surface area (Å²) in [7, 11) is 2.25. The third-order valence-electron chi connectivity index (χ3n) is 3.54. The van der Waals surface area contributed by atoms with Gasteiger partial charge in [-0.15, -0.1) is 12.3 Å². The highest BCUT2D eigenvalue weighted by Crippen LogP contribution is 2.23. The van der Waals surface area contributed by atoms with E-state index in [0.717, 1.165) is 12.8 Å². The van der Waals surface area contributed by atoms with Gasteiger partial charge in [0.05, 0.1) is 0 Å². The Morgan fingerprint density at radius 3 is 2.40 bits per heavy atom. The van der Waals surface area contributed by atoms with Crippen molar-refractivity contribution in [2.24, 2.45) is 0 Å². The van der Waals surface area contributed by atoms with Gasteiger partial charge in [0, 0.05) is 12.0 Å². The van der Waals surface area contributed by atoms with Crippen LogP contribution in [0.15, 0.2) is 0 Å². The molecule has 0 saturated heterocycles. The minimum absolute atomic E-state index is 0.380. The van der Waals surface area contributed by atoms with Gasteiger partial charge >= 0.3 is 0 Å². The Labute approximate surface area is 96.2 Å². The maximum atomic E-state index is 5.24. The number of terminal acetylenes is 1. The fraction of sp³-hybridized carbons (Fsp3) is 0.857. The molecular formula is C14H27N. The molecule has 0 aliphatic heterocycles. The monoisotopic (exact) mass is 209 g/mol. The van der Waals surface area contributed by atoms with Crippen molar-refractivity contribution >= 4 is 0 Å². The topological polar surface area (TPSA) is 3.24 Å². The second-order valence-corrected chi connectivity index (χ2v) is 4.68. The van der Waals surface area contributed by atoms with Crippen LogP contribution in [0, 0.1) is 12.3 Å². The molecule has 0 radical (unpaired) electrons. The van der Waals surface area contributed by atoms with E-state index in [4.69, 9.17) is 6.42 Å². The molecule has 88 valence electrons. The van der Waals surface area contributed by atoms with Gasteiger partial charge in [-0.1, -0.05) is 20.3 Å². The van der Waals surface area contributed by atoms with E-state index in [2.05, 4.69) is 38.6 Å². The lowest BCUT2D eigenvalue weighted by Gasteiger charge is -2.38. The first-order valence-corrected chi connectivity index (χ1v) is 6.25. The molecule has 0 heterocycles. The molecule has 0 N–H and O–H groups in total. The van der Waals surface area contributed by atoms with Crippen molar-refractivity contribution in [2.75, 3.05) is 13.6 Å². The molecule has 1 heteroatoms. The number of hydrogen-bond donors (Lipinski definition) is 0. The maximum absolute atomic E-state index is 5.24. The van der Waals surface area contributed by atoms with Gasteiger partial charge < -0.3 is 4.90 Å². The molecule has 0 aromatic rings. The summed E-state index contributed by atoms with van der Waals surface area (Å²) in [4.78, 5) is 2.51. The number of nitrogens with zero attached hydrogens (tertiary/aromatic N) is 1. The molecule has 0 aliphatic carbocycles. The van der Waals surface area contributed by atoms with E-state index in [1.54, 1.807) is 0 Å². The normalized spacial score (nSPS) is 14.9. The smallest absolute Gasteiger partial charge is 0.0175 e. The summed E-state index contributed by atoms with van der Waals surface area (Å²) in [5, 5.41) is 0. The first-order valence-electron chi connectivity index (χ1n) is 6.25. The minimum atomic E-state index is 0.380. The summed E-state index contributed by atoms with van der Waals surface area (Å²) in [6.45, 7) is 8.09. The molecule has 1 atom stereocenters. The van der Waals surface area contributed by atoms with Crippen molar-refractivity contribution in [1.29, 1.82) is 0 Å². The first kappa shape index (κ1) is 14.5. The van der Waals surface area contributed by atoms with Crippen LogP contribution in [0.25, 0.3) is 0 Å². The van der Waals surface area contributed by atoms with Gasteiger partial charge in [-0.25, -0.2) is 0 Å². The van der Waals surface area contributed by atoms with Crippen molar-refractivity contribution in [2.45, 2.75) is 64.8 Å².